The second-order valence-electron chi connectivity index (χ2n) is 7.09. The number of nitrogens with zero attached hydrogens (tertiary/aromatic N) is 1. The molecule has 0 aromatic heterocycles. The fourth-order valence-corrected chi connectivity index (χ4v) is 4.01. The molecule has 0 unspecified atom stereocenters. The third-order valence-electron chi connectivity index (χ3n) is 4.83. The number of carbonyl (C=O) groups is 3. The Labute approximate surface area is 190 Å². The Balaban J connectivity index is 1.79. The normalized spacial score (nSPS) is 14.7. The summed E-state index contributed by atoms with van der Waals surface area (Å²) in [7, 11) is 4.47. The maximum Gasteiger partial charge on any atom is 0.294 e. The Hall–Kier alpha value is -3.46. The second kappa shape index (κ2) is 9.78. The molecule has 0 spiro atoms. The van der Waals surface area contributed by atoms with Crippen LogP contribution in [0.4, 0.5) is 10.5 Å². The summed E-state index contributed by atoms with van der Waals surface area (Å²) in [6.07, 6.45) is 1.55. The van der Waals surface area contributed by atoms with Crippen molar-refractivity contribution in [2.45, 2.75) is 13.8 Å². The summed E-state index contributed by atoms with van der Waals surface area (Å²) >= 11 is 0.773. The number of hydrogen-bond donors (Lipinski definition) is 1. The minimum atomic E-state index is -0.537. The number of amides is 3. The number of aryl methyl sites for hydroxylation is 2. The lowest BCUT2D eigenvalue weighted by Gasteiger charge is -2.14. The lowest BCUT2D eigenvalue weighted by atomic mass is 10.1. The first-order chi connectivity index (χ1) is 15.3. The van der Waals surface area contributed by atoms with Gasteiger partial charge in [0.1, 0.15) is 6.54 Å². The first-order valence-electron chi connectivity index (χ1n) is 9.69. The number of benzene rings is 2. The highest BCUT2D eigenvalue weighted by molar-refractivity contribution is 8.18. The van der Waals surface area contributed by atoms with Crippen molar-refractivity contribution in [1.82, 2.24) is 4.90 Å². The summed E-state index contributed by atoms with van der Waals surface area (Å²) in [6.45, 7) is 3.42. The monoisotopic (exact) mass is 456 g/mol. The minimum Gasteiger partial charge on any atom is -0.493 e. The highest BCUT2D eigenvalue weighted by atomic mass is 32.2. The number of methoxy groups -OCH3 is 3. The maximum absolute atomic E-state index is 12.8. The standard InChI is InChI=1S/C23H24N2O6S/c1-13-6-7-14(2)16(8-13)24-20(26)12-25-22(27)19(32-23(25)28)11-15-9-17(29-3)21(31-5)18(10-15)30-4/h6-11H,12H2,1-5H3,(H,24,26)/b19-11+. The molecule has 9 heteroatoms. The van der Waals surface area contributed by atoms with Gasteiger partial charge in [0.25, 0.3) is 11.1 Å². The highest BCUT2D eigenvalue weighted by Gasteiger charge is 2.36. The fourth-order valence-electron chi connectivity index (χ4n) is 3.18. The third kappa shape index (κ3) is 4.88. The molecule has 1 aliphatic rings. The van der Waals surface area contributed by atoms with Gasteiger partial charge in [0.15, 0.2) is 11.5 Å². The molecule has 8 nitrogen and oxygen atoms in total. The van der Waals surface area contributed by atoms with Crippen molar-refractivity contribution < 1.29 is 28.6 Å². The largest absolute Gasteiger partial charge is 0.493 e. The zero-order valence-corrected chi connectivity index (χ0v) is 19.3. The molecule has 32 heavy (non-hydrogen) atoms. The molecule has 0 atom stereocenters. The fraction of sp³-hybridized carbons (Fsp3) is 0.261. The second-order valence-corrected chi connectivity index (χ2v) is 8.09. The van der Waals surface area contributed by atoms with E-state index >= 15 is 0 Å². The van der Waals surface area contributed by atoms with Crippen molar-refractivity contribution in [3.63, 3.8) is 0 Å². The molecule has 0 radical (unpaired) electrons. The first kappa shape index (κ1) is 23.2. The van der Waals surface area contributed by atoms with Gasteiger partial charge in [-0.15, -0.1) is 0 Å². The smallest absolute Gasteiger partial charge is 0.294 e. The van der Waals surface area contributed by atoms with Crippen molar-refractivity contribution in [2.24, 2.45) is 0 Å². The molecule has 168 valence electrons. The molecule has 1 aliphatic heterocycles. The van der Waals surface area contributed by atoms with E-state index in [2.05, 4.69) is 5.32 Å². The van der Waals surface area contributed by atoms with Gasteiger partial charge in [-0.05, 0) is 66.6 Å². The molecule has 0 aliphatic carbocycles. The number of hydrogen-bond acceptors (Lipinski definition) is 7. The third-order valence-corrected chi connectivity index (χ3v) is 5.73. The van der Waals surface area contributed by atoms with Gasteiger partial charge in [0, 0.05) is 5.69 Å². The Morgan fingerprint density at radius 1 is 1.03 bits per heavy atom. The van der Waals surface area contributed by atoms with Crippen molar-refractivity contribution in [1.29, 1.82) is 0 Å². The van der Waals surface area contributed by atoms with Crippen LogP contribution in [0, 0.1) is 13.8 Å². The number of ether oxygens (including phenoxy) is 3. The van der Waals surface area contributed by atoms with Gasteiger partial charge in [-0.3, -0.25) is 19.3 Å². The van der Waals surface area contributed by atoms with Gasteiger partial charge in [-0.1, -0.05) is 12.1 Å². The van der Waals surface area contributed by atoms with Crippen molar-refractivity contribution in [3.05, 3.63) is 51.9 Å². The van der Waals surface area contributed by atoms with Gasteiger partial charge >= 0.3 is 0 Å². The molecular formula is C23H24N2O6S. The number of carbonyl (C=O) groups excluding carboxylic acids is 3. The van der Waals surface area contributed by atoms with Crippen LogP contribution in [0.15, 0.2) is 35.2 Å². The van der Waals surface area contributed by atoms with Gasteiger partial charge in [-0.25, -0.2) is 0 Å². The molecule has 1 fully saturated rings. The Morgan fingerprint density at radius 2 is 1.69 bits per heavy atom. The van der Waals surface area contributed by atoms with Crippen LogP contribution in [0.2, 0.25) is 0 Å². The van der Waals surface area contributed by atoms with E-state index in [9.17, 15) is 14.4 Å². The van der Waals surface area contributed by atoms with Gasteiger partial charge in [0.05, 0.1) is 26.2 Å². The van der Waals surface area contributed by atoms with Crippen molar-refractivity contribution in [3.8, 4) is 17.2 Å². The van der Waals surface area contributed by atoms with E-state index in [1.54, 1.807) is 18.2 Å². The molecule has 3 amide bonds. The van der Waals surface area contributed by atoms with Crippen LogP contribution < -0.4 is 19.5 Å². The summed E-state index contributed by atoms with van der Waals surface area (Å²) in [6, 6.07) is 9.01. The van der Waals surface area contributed by atoms with Crippen LogP contribution in [0.25, 0.3) is 6.08 Å². The van der Waals surface area contributed by atoms with Crippen LogP contribution in [0.1, 0.15) is 16.7 Å². The Kier molecular flexibility index (Phi) is 7.09. The molecule has 0 saturated carbocycles. The van der Waals surface area contributed by atoms with Crippen molar-refractivity contribution in [2.75, 3.05) is 33.2 Å². The molecular weight excluding hydrogens is 432 g/mol. The Morgan fingerprint density at radius 3 is 2.28 bits per heavy atom. The van der Waals surface area contributed by atoms with E-state index in [0.29, 0.717) is 28.5 Å². The predicted octanol–water partition coefficient (Wildman–Crippen LogP) is 4.00. The van der Waals surface area contributed by atoms with Crippen LogP contribution in [0.5, 0.6) is 17.2 Å². The van der Waals surface area contributed by atoms with Crippen LogP contribution in [0.3, 0.4) is 0 Å². The molecule has 3 rings (SSSR count). The van der Waals surface area contributed by atoms with Gasteiger partial charge in [0.2, 0.25) is 11.7 Å². The number of rotatable bonds is 7. The van der Waals surface area contributed by atoms with Crippen LogP contribution in [-0.2, 0) is 9.59 Å². The van der Waals surface area contributed by atoms with Gasteiger partial charge in [-0.2, -0.15) is 0 Å². The summed E-state index contributed by atoms with van der Waals surface area (Å²) < 4.78 is 15.9. The topological polar surface area (TPSA) is 94.2 Å². The minimum absolute atomic E-state index is 0.198. The number of thioether (sulfide) groups is 1. The van der Waals surface area contributed by atoms with Crippen LogP contribution >= 0.6 is 11.8 Å². The zero-order chi connectivity index (χ0) is 23.4. The lowest BCUT2D eigenvalue weighted by Crippen LogP contribution is -2.36. The quantitative estimate of drug-likeness (QED) is 0.629. The van der Waals surface area contributed by atoms with E-state index < -0.39 is 17.1 Å². The molecule has 1 saturated heterocycles. The first-order valence-corrected chi connectivity index (χ1v) is 10.5. The average molecular weight is 457 g/mol. The molecule has 2 aromatic rings. The summed E-state index contributed by atoms with van der Waals surface area (Å²) in [5.74, 6) is 0.277. The highest BCUT2D eigenvalue weighted by Crippen LogP contribution is 2.40. The maximum atomic E-state index is 12.8. The molecule has 0 bridgehead atoms. The SMILES string of the molecule is COc1cc(/C=C2/SC(=O)N(CC(=O)Nc3cc(C)ccc3C)C2=O)cc(OC)c1OC. The molecule has 1 N–H and O–H groups in total. The van der Waals surface area contributed by atoms with Crippen LogP contribution in [-0.4, -0.2) is 49.8 Å². The van der Waals surface area contributed by atoms with E-state index in [1.165, 1.54) is 21.3 Å². The zero-order valence-electron chi connectivity index (χ0n) is 18.5. The lowest BCUT2D eigenvalue weighted by molar-refractivity contribution is -0.127. The molecule has 1 heterocycles. The van der Waals surface area contributed by atoms with E-state index in [0.717, 1.165) is 27.8 Å². The number of nitrogens with one attached hydrogen (secondary N) is 1. The summed E-state index contributed by atoms with van der Waals surface area (Å²) in [4.78, 5) is 38.8. The van der Waals surface area contributed by atoms with Gasteiger partial charge < -0.3 is 19.5 Å². The van der Waals surface area contributed by atoms with E-state index in [-0.39, 0.29) is 11.4 Å². The average Bonchev–Trinajstić information content (AvgIpc) is 3.02. The summed E-state index contributed by atoms with van der Waals surface area (Å²) in [5.41, 5.74) is 3.12. The van der Waals surface area contributed by atoms with E-state index in [4.69, 9.17) is 14.2 Å². The molecule has 2 aromatic carbocycles. The van der Waals surface area contributed by atoms with Crippen molar-refractivity contribution >= 4 is 40.6 Å². The number of imide groups is 1. The summed E-state index contributed by atoms with van der Waals surface area (Å²) in [5, 5.41) is 2.26. The van der Waals surface area contributed by atoms with E-state index in [1.807, 2.05) is 32.0 Å². The predicted molar refractivity (Wildman–Crippen MR) is 123 cm³/mol. The number of anilines is 1. The Bertz CT molecular complexity index is 1090.